The Bertz CT molecular complexity index is 2040. The molecule has 8 rings (SSSR count). The standard InChI is InChI=1S/C21H23FN10O9P2S3/c22-9-8-3-36-42(34,44)41-14-13-18(31-6-26-10-7(23)1-2-25-15(10)31)39-21(14,4-35-13)5-37-43(45,46)40-12(9)19(38-8)32-16-11(29-30-32)17(33)28-20(24)27-16/h1-2,6,8-9,12-14,18-19H,3-5H2,(H2,23,25)(H,34,44)(H,45,46)(H3,24,27,28,33)/t8-,9+,12-,13-,14+,18-,19-,21-,42?/m1/s1. The van der Waals surface area contributed by atoms with E-state index in [1.54, 1.807) is 10.6 Å². The monoisotopic (exact) mass is 736 g/mol. The van der Waals surface area contributed by atoms with Gasteiger partial charge in [0.25, 0.3) is 5.56 Å². The predicted molar refractivity (Wildman–Crippen MR) is 165 cm³/mol. The van der Waals surface area contributed by atoms with E-state index in [-0.39, 0.29) is 30.3 Å². The number of hydrogen-bond acceptors (Lipinski definition) is 17. The minimum atomic E-state index is -4.12. The third kappa shape index (κ3) is 5.00. The zero-order valence-corrected chi connectivity index (χ0v) is 27.2. The summed E-state index contributed by atoms with van der Waals surface area (Å²) in [6.07, 6.45) is -5.99. The smallest absolute Gasteiger partial charge is 0.325 e. The number of halogens is 1. The van der Waals surface area contributed by atoms with Gasteiger partial charge in [-0.25, -0.2) is 14.4 Å². The Morgan fingerprint density at radius 2 is 1.96 bits per heavy atom. The first-order chi connectivity index (χ1) is 21.8. The van der Waals surface area contributed by atoms with E-state index in [0.29, 0.717) is 16.9 Å². The van der Waals surface area contributed by atoms with Gasteiger partial charge in [-0.3, -0.25) is 18.9 Å². The Labute approximate surface area is 271 Å². The number of anilines is 2. The molecule has 4 saturated heterocycles. The van der Waals surface area contributed by atoms with Crippen molar-refractivity contribution in [3.8, 4) is 0 Å². The van der Waals surface area contributed by atoms with Crippen LogP contribution in [0, 0.1) is 0 Å². The number of pyridine rings is 1. The predicted octanol–water partition coefficient (Wildman–Crippen LogP) is 0.214. The summed E-state index contributed by atoms with van der Waals surface area (Å²) in [6, 6.07) is 1.61. The molecule has 0 aliphatic carbocycles. The van der Waals surface area contributed by atoms with Crippen LogP contribution in [-0.2, 0) is 55.9 Å². The molecule has 19 nitrogen and oxygen atoms in total. The molecule has 4 fully saturated rings. The van der Waals surface area contributed by atoms with E-state index in [4.69, 9.17) is 67.4 Å². The highest BCUT2D eigenvalue weighted by atomic mass is 32.9. The van der Waals surface area contributed by atoms with Gasteiger partial charge in [-0.05, 0) is 29.7 Å². The van der Waals surface area contributed by atoms with Crippen molar-refractivity contribution in [1.29, 1.82) is 0 Å². The number of nitrogens with two attached hydrogens (primary N) is 2. The fourth-order valence-electron chi connectivity index (χ4n) is 5.90. The number of aromatic amines is 1. The number of hydrogen-bond donors (Lipinski definition) is 5. The molecule has 4 aliphatic heterocycles. The molecular weight excluding hydrogens is 713 g/mol. The van der Waals surface area contributed by atoms with Crippen LogP contribution in [0.5, 0.6) is 0 Å². The summed E-state index contributed by atoms with van der Waals surface area (Å²) in [7, 11) is 0. The topological polar surface area (TPSA) is 244 Å². The summed E-state index contributed by atoms with van der Waals surface area (Å²) in [5, 5.41) is 7.74. The van der Waals surface area contributed by atoms with E-state index in [0.717, 1.165) is 4.68 Å². The Kier molecular flexibility index (Phi) is 7.35. The van der Waals surface area contributed by atoms with Crippen LogP contribution in [-0.4, -0.2) is 100 Å². The van der Waals surface area contributed by atoms with Gasteiger partial charge in [-0.1, -0.05) is 17.5 Å². The van der Waals surface area contributed by atoms with E-state index in [9.17, 15) is 9.69 Å². The van der Waals surface area contributed by atoms with Crippen LogP contribution in [0.2, 0.25) is 0 Å². The molecule has 4 aliphatic rings. The van der Waals surface area contributed by atoms with Crippen molar-refractivity contribution < 1.29 is 41.6 Å². The summed E-state index contributed by atoms with van der Waals surface area (Å²) >= 11 is 15.4. The van der Waals surface area contributed by atoms with E-state index in [2.05, 4.69) is 42.5 Å². The van der Waals surface area contributed by atoms with Crippen molar-refractivity contribution in [2.24, 2.45) is 0 Å². The number of thiol groups is 1. The normalized spacial score (nSPS) is 39.7. The molecule has 46 heavy (non-hydrogen) atoms. The molecule has 0 amide bonds. The molecule has 10 atom stereocenters. The van der Waals surface area contributed by atoms with Crippen molar-refractivity contribution in [1.82, 2.24) is 39.5 Å². The maximum absolute atomic E-state index is 16.0. The van der Waals surface area contributed by atoms with Crippen molar-refractivity contribution in [2.45, 2.75) is 48.6 Å². The number of fused-ring (bicyclic) bond motifs is 4. The van der Waals surface area contributed by atoms with Crippen LogP contribution >= 0.6 is 24.7 Å². The minimum absolute atomic E-state index is 0.0599. The van der Waals surface area contributed by atoms with Crippen LogP contribution in [0.1, 0.15) is 12.5 Å². The van der Waals surface area contributed by atoms with Gasteiger partial charge in [-0.2, -0.15) is 9.67 Å². The first-order valence-electron chi connectivity index (χ1n) is 13.4. The number of nitrogen functional groups attached to an aromatic ring is 2. The average molecular weight is 737 g/mol. The van der Waals surface area contributed by atoms with Crippen LogP contribution in [0.15, 0.2) is 23.4 Å². The second-order valence-electron chi connectivity index (χ2n) is 10.8. The highest BCUT2D eigenvalue weighted by molar-refractivity contribution is 8.60. The molecule has 25 heteroatoms. The zero-order chi connectivity index (χ0) is 32.2. The van der Waals surface area contributed by atoms with Crippen LogP contribution in [0.4, 0.5) is 16.0 Å². The molecule has 8 heterocycles. The highest BCUT2D eigenvalue weighted by Gasteiger charge is 2.65. The van der Waals surface area contributed by atoms with Gasteiger partial charge in [0, 0.05) is 6.20 Å². The van der Waals surface area contributed by atoms with Gasteiger partial charge < -0.3 is 44.1 Å². The summed E-state index contributed by atoms with van der Waals surface area (Å²) in [6.45, 7) is -5.09. The number of nitrogens with zero attached hydrogens (tertiary/aromatic N) is 7. The average Bonchev–Trinajstić information content (AvgIpc) is 3.80. The quantitative estimate of drug-likeness (QED) is 0.136. The number of alkyl halides is 1. The Morgan fingerprint density at radius 3 is 2.78 bits per heavy atom. The van der Waals surface area contributed by atoms with Crippen LogP contribution in [0.3, 0.4) is 0 Å². The summed E-state index contributed by atoms with van der Waals surface area (Å²) < 4.78 is 60.8. The summed E-state index contributed by atoms with van der Waals surface area (Å²) in [4.78, 5) is 38.6. The van der Waals surface area contributed by atoms with Gasteiger partial charge in [0.1, 0.15) is 35.5 Å². The van der Waals surface area contributed by atoms with Gasteiger partial charge in [-0.15, -0.1) is 5.10 Å². The summed E-state index contributed by atoms with van der Waals surface area (Å²) in [5.41, 5.74) is 7.07. The maximum Gasteiger partial charge on any atom is 0.325 e. The Hall–Kier alpha value is -2.24. The van der Waals surface area contributed by atoms with E-state index < -0.39 is 73.2 Å². The van der Waals surface area contributed by atoms with Crippen molar-refractivity contribution in [2.75, 3.05) is 31.3 Å². The number of imidazole rings is 1. The molecule has 4 aromatic heterocycles. The first-order valence-corrected chi connectivity index (χ1v) is 19.8. The zero-order valence-electron chi connectivity index (χ0n) is 22.9. The second kappa shape index (κ2) is 10.9. The number of rotatable bonds is 2. The van der Waals surface area contributed by atoms with Crippen LogP contribution < -0.4 is 17.0 Å². The molecule has 4 aromatic rings. The third-order valence-corrected chi connectivity index (χ3v) is 11.7. The van der Waals surface area contributed by atoms with E-state index >= 15 is 4.39 Å². The number of nitrogens with one attached hydrogen (secondary N) is 1. The lowest BCUT2D eigenvalue weighted by atomic mass is 10.0. The first kappa shape index (κ1) is 31.1. The molecule has 4 bridgehead atoms. The lowest BCUT2D eigenvalue weighted by Crippen LogP contribution is -2.45. The molecule has 0 aromatic carbocycles. The second-order valence-corrected chi connectivity index (χ2v) is 18.9. The summed E-state index contributed by atoms with van der Waals surface area (Å²) in [5.74, 6) is -0.236. The van der Waals surface area contributed by atoms with Gasteiger partial charge in [0.05, 0.1) is 31.8 Å². The lowest BCUT2D eigenvalue weighted by molar-refractivity contribution is -0.182. The maximum atomic E-state index is 16.0. The van der Waals surface area contributed by atoms with Crippen LogP contribution in [0.25, 0.3) is 22.3 Å². The number of ether oxygens (including phenoxy) is 3. The SMILES string of the molecule is Nc1nc2c(nnn2[C@@H]2O[C@@H]3COP(O)(=S)O[C@H]4[C@H]5OC[C@]4(COP(=S)(S)O[C@@H]2[C@H]3F)O[C@H]5n2cnc3c(N)ccnc32)c(=O)[nH]1. The third-order valence-electron chi connectivity index (χ3n) is 7.97. The van der Waals surface area contributed by atoms with Gasteiger partial charge >= 0.3 is 6.72 Å². The van der Waals surface area contributed by atoms with Gasteiger partial charge in [0.2, 0.25) is 11.6 Å². The fourth-order valence-corrected chi connectivity index (χ4v) is 9.28. The molecule has 2 unspecified atom stereocenters. The Balaban J connectivity index is 1.14. The van der Waals surface area contributed by atoms with Crippen molar-refractivity contribution in [3.05, 3.63) is 28.9 Å². The molecule has 0 spiro atoms. The highest BCUT2D eigenvalue weighted by Crippen LogP contribution is 2.61. The number of H-pyrrole nitrogens is 1. The van der Waals surface area contributed by atoms with Gasteiger partial charge in [0.15, 0.2) is 35.4 Å². The molecule has 6 N–H and O–H groups in total. The van der Waals surface area contributed by atoms with Crippen molar-refractivity contribution in [3.63, 3.8) is 0 Å². The largest absolute Gasteiger partial charge is 0.397 e. The Morgan fingerprint density at radius 1 is 1.13 bits per heavy atom. The fraction of sp³-hybridized carbons (Fsp3) is 0.524. The van der Waals surface area contributed by atoms with E-state index in [1.165, 1.54) is 12.5 Å². The molecule has 0 radical (unpaired) electrons. The van der Waals surface area contributed by atoms with E-state index in [1.807, 2.05) is 0 Å². The molecule has 0 saturated carbocycles. The molecular formula is C21H23FN10O9P2S3. The minimum Gasteiger partial charge on any atom is -0.397 e. The molecule has 246 valence electrons. The lowest BCUT2D eigenvalue weighted by Gasteiger charge is -2.33. The number of aromatic nitrogens is 8. The van der Waals surface area contributed by atoms with Crippen molar-refractivity contribution >= 4 is 82.2 Å².